The summed E-state index contributed by atoms with van der Waals surface area (Å²) in [5, 5.41) is 10.1. The van der Waals surface area contributed by atoms with Crippen LogP contribution in [-0.2, 0) is 12.8 Å². The van der Waals surface area contributed by atoms with E-state index in [-0.39, 0.29) is 6.10 Å². The van der Waals surface area contributed by atoms with E-state index in [1.165, 1.54) is 21.6 Å². The molecule has 0 saturated carbocycles. The van der Waals surface area contributed by atoms with Crippen molar-refractivity contribution in [2.24, 2.45) is 0 Å². The summed E-state index contributed by atoms with van der Waals surface area (Å²) in [7, 11) is 0. The molecule has 0 fully saturated rings. The van der Waals surface area contributed by atoms with Crippen LogP contribution in [0.25, 0.3) is 0 Å². The molecule has 0 amide bonds. The third-order valence-electron chi connectivity index (χ3n) is 3.11. The van der Waals surface area contributed by atoms with Crippen LogP contribution < -0.4 is 0 Å². The SMILES string of the molecule is Cc1ccc(CC(O)Cc2ccc(Br)s2)cc1C. The first-order valence-electron chi connectivity index (χ1n) is 6.03. The maximum atomic E-state index is 10.1. The van der Waals surface area contributed by atoms with Crippen molar-refractivity contribution in [1.82, 2.24) is 0 Å². The van der Waals surface area contributed by atoms with E-state index in [0.29, 0.717) is 0 Å². The predicted octanol–water partition coefficient (Wildman–Crippen LogP) is 4.27. The number of aryl methyl sites for hydroxylation is 2. The van der Waals surface area contributed by atoms with Crippen LogP contribution in [-0.4, -0.2) is 11.2 Å². The summed E-state index contributed by atoms with van der Waals surface area (Å²) in [6.45, 7) is 4.22. The molecule has 2 aromatic rings. The topological polar surface area (TPSA) is 20.2 Å². The van der Waals surface area contributed by atoms with Gasteiger partial charge in [0.2, 0.25) is 0 Å². The predicted molar refractivity (Wildman–Crippen MR) is 81.3 cm³/mol. The summed E-state index contributed by atoms with van der Waals surface area (Å²) in [4.78, 5) is 1.22. The van der Waals surface area contributed by atoms with Gasteiger partial charge in [-0.3, -0.25) is 0 Å². The second-order valence-corrected chi connectivity index (χ2v) is 7.23. The normalized spacial score (nSPS) is 12.7. The molecular weight excluding hydrogens is 308 g/mol. The third kappa shape index (κ3) is 3.67. The van der Waals surface area contributed by atoms with Gasteiger partial charge in [-0.2, -0.15) is 0 Å². The molecular formula is C15H17BrOS. The van der Waals surface area contributed by atoms with Crippen LogP contribution in [0, 0.1) is 13.8 Å². The van der Waals surface area contributed by atoms with Crippen molar-refractivity contribution in [3.8, 4) is 0 Å². The van der Waals surface area contributed by atoms with E-state index in [4.69, 9.17) is 0 Å². The number of hydrogen-bond donors (Lipinski definition) is 1. The van der Waals surface area contributed by atoms with Gasteiger partial charge in [0.05, 0.1) is 9.89 Å². The van der Waals surface area contributed by atoms with Gasteiger partial charge < -0.3 is 5.11 Å². The van der Waals surface area contributed by atoms with Crippen LogP contribution in [0.15, 0.2) is 34.1 Å². The molecule has 1 aromatic carbocycles. The zero-order chi connectivity index (χ0) is 13.1. The molecule has 1 unspecified atom stereocenters. The summed E-state index contributed by atoms with van der Waals surface area (Å²) < 4.78 is 1.12. The van der Waals surface area contributed by atoms with Gasteiger partial charge in [-0.25, -0.2) is 0 Å². The summed E-state index contributed by atoms with van der Waals surface area (Å²) in [6, 6.07) is 10.5. The maximum Gasteiger partial charge on any atom is 0.0701 e. The second kappa shape index (κ2) is 6.00. The van der Waals surface area contributed by atoms with Crippen molar-refractivity contribution in [3.05, 3.63) is 55.7 Å². The lowest BCUT2D eigenvalue weighted by Gasteiger charge is -2.11. The van der Waals surface area contributed by atoms with Crippen molar-refractivity contribution in [3.63, 3.8) is 0 Å². The molecule has 0 aliphatic carbocycles. The van der Waals surface area contributed by atoms with E-state index in [1.807, 2.05) is 6.07 Å². The Balaban J connectivity index is 1.98. The second-order valence-electron chi connectivity index (χ2n) is 4.69. The van der Waals surface area contributed by atoms with Gasteiger partial charge in [0, 0.05) is 11.3 Å². The molecule has 0 spiro atoms. The Morgan fingerprint density at radius 1 is 1.11 bits per heavy atom. The first kappa shape index (κ1) is 13.8. The number of halogens is 1. The molecule has 0 bridgehead atoms. The minimum atomic E-state index is -0.308. The summed E-state index contributed by atoms with van der Waals surface area (Å²) in [6.07, 6.45) is 1.14. The average Bonchev–Trinajstić information content (AvgIpc) is 2.69. The number of aliphatic hydroxyl groups excluding tert-OH is 1. The Morgan fingerprint density at radius 3 is 2.50 bits per heavy atom. The molecule has 1 heterocycles. The standard InChI is InChI=1S/C15H17BrOS/c1-10-3-4-12(7-11(10)2)8-13(17)9-14-5-6-15(16)18-14/h3-7,13,17H,8-9H2,1-2H3. The van der Waals surface area contributed by atoms with Crippen LogP contribution in [0.4, 0.5) is 0 Å². The fourth-order valence-corrected chi connectivity index (χ4v) is 3.52. The molecule has 3 heteroatoms. The van der Waals surface area contributed by atoms with Crippen molar-refractivity contribution in [2.75, 3.05) is 0 Å². The first-order valence-corrected chi connectivity index (χ1v) is 7.64. The van der Waals surface area contributed by atoms with Gasteiger partial charge in [0.15, 0.2) is 0 Å². The van der Waals surface area contributed by atoms with Crippen molar-refractivity contribution in [1.29, 1.82) is 0 Å². The molecule has 0 aliphatic heterocycles. The van der Waals surface area contributed by atoms with Gasteiger partial charge in [-0.05, 0) is 65.0 Å². The van der Waals surface area contributed by atoms with E-state index in [9.17, 15) is 5.11 Å². The minimum absolute atomic E-state index is 0.308. The molecule has 0 saturated heterocycles. The van der Waals surface area contributed by atoms with Crippen LogP contribution in [0.5, 0.6) is 0 Å². The Bertz CT molecular complexity index is 533. The summed E-state index contributed by atoms with van der Waals surface area (Å²) in [5.74, 6) is 0. The Hall–Kier alpha value is -0.640. The lowest BCUT2D eigenvalue weighted by molar-refractivity contribution is 0.176. The molecule has 0 aliphatic rings. The number of hydrogen-bond acceptors (Lipinski definition) is 2. The molecule has 96 valence electrons. The van der Waals surface area contributed by atoms with Gasteiger partial charge in [0.25, 0.3) is 0 Å². The van der Waals surface area contributed by atoms with Crippen LogP contribution in [0.3, 0.4) is 0 Å². The van der Waals surface area contributed by atoms with Crippen LogP contribution in [0.1, 0.15) is 21.6 Å². The monoisotopic (exact) mass is 324 g/mol. The third-order valence-corrected chi connectivity index (χ3v) is 4.75. The lowest BCUT2D eigenvalue weighted by Crippen LogP contribution is -2.13. The fourth-order valence-electron chi connectivity index (χ4n) is 1.97. The lowest BCUT2D eigenvalue weighted by atomic mass is 10.0. The molecule has 1 aromatic heterocycles. The minimum Gasteiger partial charge on any atom is -0.392 e. The van der Waals surface area contributed by atoms with E-state index in [1.54, 1.807) is 11.3 Å². The molecule has 1 N–H and O–H groups in total. The van der Waals surface area contributed by atoms with Crippen molar-refractivity contribution < 1.29 is 5.11 Å². The number of rotatable bonds is 4. The van der Waals surface area contributed by atoms with Gasteiger partial charge in [-0.1, -0.05) is 18.2 Å². The highest BCUT2D eigenvalue weighted by molar-refractivity contribution is 9.11. The highest BCUT2D eigenvalue weighted by atomic mass is 79.9. The number of thiophene rings is 1. The highest BCUT2D eigenvalue weighted by Gasteiger charge is 2.09. The van der Waals surface area contributed by atoms with Crippen LogP contribution in [0.2, 0.25) is 0 Å². The molecule has 1 nitrogen and oxygen atoms in total. The first-order chi connectivity index (χ1) is 8.54. The molecule has 1 atom stereocenters. The average molecular weight is 325 g/mol. The molecule has 2 rings (SSSR count). The zero-order valence-electron chi connectivity index (χ0n) is 10.6. The van der Waals surface area contributed by atoms with Gasteiger partial charge in [-0.15, -0.1) is 11.3 Å². The Kier molecular flexibility index (Phi) is 4.60. The summed E-state index contributed by atoms with van der Waals surface area (Å²) >= 11 is 5.13. The highest BCUT2D eigenvalue weighted by Crippen LogP contribution is 2.24. The maximum absolute atomic E-state index is 10.1. The number of aliphatic hydroxyl groups is 1. The van der Waals surface area contributed by atoms with Crippen LogP contribution >= 0.6 is 27.3 Å². The van der Waals surface area contributed by atoms with Crippen molar-refractivity contribution in [2.45, 2.75) is 32.8 Å². The zero-order valence-corrected chi connectivity index (χ0v) is 13.0. The van der Waals surface area contributed by atoms with Crippen molar-refractivity contribution >= 4 is 27.3 Å². The Labute approximate surface area is 121 Å². The largest absolute Gasteiger partial charge is 0.392 e. The van der Waals surface area contributed by atoms with E-state index >= 15 is 0 Å². The quantitative estimate of drug-likeness (QED) is 0.890. The van der Waals surface area contributed by atoms with E-state index in [0.717, 1.165) is 16.6 Å². The number of benzene rings is 1. The fraction of sp³-hybridized carbons (Fsp3) is 0.333. The smallest absolute Gasteiger partial charge is 0.0701 e. The Morgan fingerprint density at radius 2 is 1.89 bits per heavy atom. The van der Waals surface area contributed by atoms with E-state index in [2.05, 4.69) is 54.0 Å². The summed E-state index contributed by atoms with van der Waals surface area (Å²) in [5.41, 5.74) is 3.80. The van der Waals surface area contributed by atoms with Gasteiger partial charge >= 0.3 is 0 Å². The van der Waals surface area contributed by atoms with Gasteiger partial charge in [0.1, 0.15) is 0 Å². The molecule has 18 heavy (non-hydrogen) atoms. The van der Waals surface area contributed by atoms with E-state index < -0.39 is 0 Å². The molecule has 0 radical (unpaired) electrons.